The zero-order valence-corrected chi connectivity index (χ0v) is 37.7. The Hall–Kier alpha value is -0.540. The van der Waals surface area contributed by atoms with Crippen molar-refractivity contribution in [1.82, 2.24) is 0 Å². The molecule has 0 unspecified atom stereocenters. The summed E-state index contributed by atoms with van der Waals surface area (Å²) in [4.78, 5) is 0. The quantitative estimate of drug-likeness (QED) is 0.178. The number of fused-ring (bicyclic) bond motifs is 4. The Morgan fingerprint density at radius 3 is 0.739 bits per heavy atom. The summed E-state index contributed by atoms with van der Waals surface area (Å²) in [5, 5.41) is 0. The third kappa shape index (κ3) is 17.2. The van der Waals surface area contributed by atoms with Crippen molar-refractivity contribution in [3.05, 3.63) is 117 Å². The summed E-state index contributed by atoms with van der Waals surface area (Å²) in [5.41, 5.74) is 12.8. The smallest absolute Gasteiger partial charge is 0.0512 e. The number of rotatable bonds is 0. The summed E-state index contributed by atoms with van der Waals surface area (Å²) in [5.74, 6) is 0. The molecule has 0 nitrogen and oxygen atoms in total. The molecule has 4 aliphatic rings. The first-order valence-electron chi connectivity index (χ1n) is 17.3. The van der Waals surface area contributed by atoms with E-state index in [1.807, 2.05) is 0 Å². The molecule has 0 amide bonds. The average molecular weight is 989 g/mol. The second-order valence-corrected chi connectivity index (χ2v) is 20.3. The molecular formula is C42H56Cl2Hf2-2. The Kier molecular flexibility index (Phi) is 24.0. The summed E-state index contributed by atoms with van der Waals surface area (Å²) >= 11 is 2.53. The summed E-state index contributed by atoms with van der Waals surface area (Å²) < 4.78 is 3.11. The maximum atomic E-state index is 2.26. The minimum absolute atomic E-state index is 0. The van der Waals surface area contributed by atoms with Gasteiger partial charge in [-0.3, -0.25) is 0 Å². The standard InChI is InChI=1S/4C9H11.2C3H6.2ClH.2Hf/c4*1-2-5-9-7-3-6-8(9)4-1;2*1-3-2;;;;/h4*3,6-7H,1-2,4-5H2;2*1-2H3;2*1H;;/q4*-1;;;;;2*+2/p-2. The summed E-state index contributed by atoms with van der Waals surface area (Å²) in [6, 6.07) is 26.8. The van der Waals surface area contributed by atoms with Crippen molar-refractivity contribution in [2.24, 2.45) is 0 Å². The van der Waals surface area contributed by atoms with Gasteiger partial charge in [-0.25, -0.2) is 24.3 Å². The first-order chi connectivity index (χ1) is 21.3. The van der Waals surface area contributed by atoms with E-state index in [4.69, 9.17) is 0 Å². The van der Waals surface area contributed by atoms with E-state index in [0.717, 1.165) is 0 Å². The van der Waals surface area contributed by atoms with Crippen LogP contribution in [0.5, 0.6) is 0 Å². The van der Waals surface area contributed by atoms with E-state index in [9.17, 15) is 0 Å². The van der Waals surface area contributed by atoms with Crippen LogP contribution in [-0.4, -0.2) is 6.51 Å². The van der Waals surface area contributed by atoms with Crippen LogP contribution in [0.1, 0.15) is 124 Å². The molecule has 0 aromatic heterocycles. The Balaban J connectivity index is 0.000000282. The molecule has 0 radical (unpaired) electrons. The van der Waals surface area contributed by atoms with Crippen LogP contribution in [0.25, 0.3) is 0 Å². The second kappa shape index (κ2) is 25.4. The molecule has 0 atom stereocenters. The van der Waals surface area contributed by atoms with Crippen LogP contribution in [0.4, 0.5) is 0 Å². The van der Waals surface area contributed by atoms with Gasteiger partial charge in [-0.1, -0.05) is 103 Å². The maximum absolute atomic E-state index is 2.26. The van der Waals surface area contributed by atoms with Crippen LogP contribution < -0.4 is 24.8 Å². The molecule has 0 spiro atoms. The molecule has 8 rings (SSSR count). The first-order valence-corrected chi connectivity index (χ1v) is 20.9. The number of halogens is 2. The molecule has 0 saturated carbocycles. The average Bonchev–Trinajstić information content (AvgIpc) is 3.84. The zero-order valence-electron chi connectivity index (χ0n) is 29.0. The van der Waals surface area contributed by atoms with Crippen LogP contribution in [-0.2, 0) is 99.2 Å². The maximum Gasteiger partial charge on any atom is -0.0512 e. The molecule has 0 N–H and O–H groups in total. The van der Waals surface area contributed by atoms with Gasteiger partial charge in [-0.15, -0.1) is 0 Å². The SMILES string of the molecule is C[C](C)=[Hf+2].C[C](C)=[Hf+2].[Cl-].[Cl-].c1cc2c([cH-]1)CCCC2.c1cc2c([cH-]1)CCCC2.c1cc2c([cH-]1)CCCC2.c1cc2c([cH-]1)CCCC2. The van der Waals surface area contributed by atoms with Gasteiger partial charge in [0.2, 0.25) is 0 Å². The molecule has 0 saturated heterocycles. The molecule has 46 heavy (non-hydrogen) atoms. The molecule has 4 aromatic carbocycles. The monoisotopic (exact) mass is 990 g/mol. The van der Waals surface area contributed by atoms with Gasteiger partial charge < -0.3 is 24.8 Å². The van der Waals surface area contributed by atoms with E-state index in [1.54, 1.807) is 51.0 Å². The Morgan fingerprint density at radius 2 is 0.565 bits per heavy atom. The van der Waals surface area contributed by atoms with Crippen molar-refractivity contribution in [3.63, 3.8) is 0 Å². The van der Waals surface area contributed by atoms with Crippen LogP contribution in [0.15, 0.2) is 72.8 Å². The van der Waals surface area contributed by atoms with Crippen molar-refractivity contribution >= 4 is 6.51 Å². The summed E-state index contributed by atoms with van der Waals surface area (Å²) in [6.45, 7) is 8.58. The Labute approximate surface area is 323 Å². The predicted octanol–water partition coefficient (Wildman–Crippen LogP) is 4.64. The van der Waals surface area contributed by atoms with E-state index >= 15 is 0 Å². The van der Waals surface area contributed by atoms with Crippen LogP contribution >= 0.6 is 0 Å². The minimum Gasteiger partial charge on any atom is -1.00 e. The number of aryl methyl sites for hydroxylation is 8. The minimum atomic E-state index is 0. The Morgan fingerprint density at radius 1 is 0.391 bits per heavy atom. The number of hydrogen-bond donors (Lipinski definition) is 0. The fourth-order valence-corrected chi connectivity index (χ4v) is 6.45. The molecule has 0 fully saturated rings. The summed E-state index contributed by atoms with van der Waals surface area (Å²) in [7, 11) is 0. The van der Waals surface area contributed by atoms with E-state index in [2.05, 4.69) is 100 Å². The van der Waals surface area contributed by atoms with Crippen molar-refractivity contribution < 1.29 is 72.6 Å². The van der Waals surface area contributed by atoms with Gasteiger partial charge in [0.05, 0.1) is 0 Å². The third-order valence-electron chi connectivity index (χ3n) is 8.60. The molecule has 0 aliphatic heterocycles. The van der Waals surface area contributed by atoms with Gasteiger partial charge in [0.15, 0.2) is 0 Å². The van der Waals surface area contributed by atoms with E-state index in [-0.39, 0.29) is 24.8 Å². The van der Waals surface area contributed by atoms with Gasteiger partial charge in [-0.2, -0.15) is 93.0 Å². The first kappa shape index (κ1) is 43.5. The van der Waals surface area contributed by atoms with E-state index in [0.29, 0.717) is 0 Å². The third-order valence-corrected chi connectivity index (χ3v) is 8.60. The van der Waals surface area contributed by atoms with E-state index in [1.165, 1.54) is 151 Å². The summed E-state index contributed by atoms with van der Waals surface area (Å²) in [6.07, 6.45) is 21.8. The van der Waals surface area contributed by atoms with Crippen molar-refractivity contribution in [1.29, 1.82) is 0 Å². The van der Waals surface area contributed by atoms with Crippen molar-refractivity contribution in [2.45, 2.75) is 130 Å². The van der Waals surface area contributed by atoms with Crippen LogP contribution in [0, 0.1) is 0 Å². The van der Waals surface area contributed by atoms with Gasteiger partial charge in [-0.05, 0) is 0 Å². The second-order valence-electron chi connectivity index (χ2n) is 13.1. The molecular weight excluding hydrogens is 932 g/mol. The zero-order chi connectivity index (χ0) is 31.6. The molecule has 4 aliphatic carbocycles. The largest absolute Gasteiger partial charge is 1.00 e. The van der Waals surface area contributed by atoms with Crippen molar-refractivity contribution in [2.75, 3.05) is 0 Å². The fraction of sp³-hybridized carbons (Fsp3) is 0.476. The van der Waals surface area contributed by atoms with Gasteiger partial charge in [0, 0.05) is 0 Å². The molecule has 0 bridgehead atoms. The molecule has 0 heterocycles. The normalized spacial score (nSPS) is 14.8. The van der Waals surface area contributed by atoms with Gasteiger partial charge >= 0.3 is 82.0 Å². The van der Waals surface area contributed by atoms with Gasteiger partial charge in [0.1, 0.15) is 0 Å². The number of hydrogen-bond acceptors (Lipinski definition) is 0. The Bertz CT molecular complexity index is 1070. The molecule has 4 aromatic rings. The van der Waals surface area contributed by atoms with Crippen LogP contribution in [0.3, 0.4) is 0 Å². The van der Waals surface area contributed by atoms with Crippen LogP contribution in [0.2, 0.25) is 0 Å². The van der Waals surface area contributed by atoms with E-state index < -0.39 is 0 Å². The fourth-order valence-electron chi connectivity index (χ4n) is 6.45. The van der Waals surface area contributed by atoms with Crippen molar-refractivity contribution in [3.8, 4) is 0 Å². The predicted molar refractivity (Wildman–Crippen MR) is 187 cm³/mol. The molecule has 4 heteroatoms. The topological polar surface area (TPSA) is 0 Å². The molecule has 248 valence electrons. The van der Waals surface area contributed by atoms with Gasteiger partial charge in [0.25, 0.3) is 0 Å².